The van der Waals surface area contributed by atoms with E-state index in [0.29, 0.717) is 19.5 Å². The number of hydrogen-bond acceptors (Lipinski definition) is 4. The fourth-order valence-electron chi connectivity index (χ4n) is 2.85. The van der Waals surface area contributed by atoms with Gasteiger partial charge in [0.1, 0.15) is 5.75 Å². The molecular formula is C15H19NO4. The first-order chi connectivity index (χ1) is 9.67. The van der Waals surface area contributed by atoms with Crippen molar-refractivity contribution in [2.45, 2.75) is 31.7 Å². The molecule has 5 nitrogen and oxygen atoms in total. The van der Waals surface area contributed by atoms with Crippen molar-refractivity contribution in [3.63, 3.8) is 0 Å². The monoisotopic (exact) mass is 277 g/mol. The van der Waals surface area contributed by atoms with Crippen LogP contribution in [0.2, 0.25) is 0 Å². The summed E-state index contributed by atoms with van der Waals surface area (Å²) in [7, 11) is 0. The van der Waals surface area contributed by atoms with Crippen LogP contribution in [0.4, 0.5) is 0 Å². The molecule has 1 aromatic rings. The van der Waals surface area contributed by atoms with Crippen molar-refractivity contribution in [3.8, 4) is 5.75 Å². The fourth-order valence-corrected chi connectivity index (χ4v) is 2.85. The Morgan fingerprint density at radius 3 is 2.95 bits per heavy atom. The Labute approximate surface area is 118 Å². The maximum Gasteiger partial charge on any atom is 0.264 e. The summed E-state index contributed by atoms with van der Waals surface area (Å²) < 4.78 is 11.3. The molecule has 108 valence electrons. The molecule has 3 rings (SSSR count). The molecule has 0 aliphatic carbocycles. The summed E-state index contributed by atoms with van der Waals surface area (Å²) in [4.78, 5) is 14.3. The summed E-state index contributed by atoms with van der Waals surface area (Å²) >= 11 is 0. The number of aliphatic hydroxyl groups excluding tert-OH is 1. The third kappa shape index (κ3) is 2.51. The molecule has 3 unspecified atom stereocenters. The molecule has 2 heterocycles. The number of aliphatic hydroxyl groups is 1. The number of morpholine rings is 1. The molecule has 20 heavy (non-hydrogen) atoms. The number of amides is 1. The Hall–Kier alpha value is -1.59. The number of hydrogen-bond donors (Lipinski definition) is 1. The van der Waals surface area contributed by atoms with Crippen LogP contribution in [0, 0.1) is 0 Å². The number of carbonyl (C=O) groups is 1. The minimum Gasteiger partial charge on any atom is -0.480 e. The predicted molar refractivity (Wildman–Crippen MR) is 72.6 cm³/mol. The number of para-hydroxylation sites is 1. The first-order valence-electron chi connectivity index (χ1n) is 6.97. The molecule has 0 bridgehead atoms. The lowest BCUT2D eigenvalue weighted by molar-refractivity contribution is -0.153. The highest BCUT2D eigenvalue weighted by atomic mass is 16.5. The van der Waals surface area contributed by atoms with Crippen molar-refractivity contribution in [3.05, 3.63) is 29.8 Å². The lowest BCUT2D eigenvalue weighted by Gasteiger charge is -2.37. The largest absolute Gasteiger partial charge is 0.480 e. The molecule has 1 amide bonds. The first kappa shape index (κ1) is 13.4. The number of carbonyl (C=O) groups excluding carboxylic acids is 1. The zero-order valence-corrected chi connectivity index (χ0v) is 11.5. The van der Waals surface area contributed by atoms with E-state index in [4.69, 9.17) is 9.47 Å². The zero-order chi connectivity index (χ0) is 14.1. The van der Waals surface area contributed by atoms with E-state index in [-0.39, 0.29) is 24.7 Å². The fraction of sp³-hybridized carbons (Fsp3) is 0.533. The average Bonchev–Trinajstić information content (AvgIpc) is 2.89. The lowest BCUT2D eigenvalue weighted by Crippen LogP contribution is -2.53. The van der Waals surface area contributed by atoms with Crippen LogP contribution in [0.25, 0.3) is 0 Å². The number of nitrogens with zero attached hydrogens (tertiary/aromatic N) is 1. The number of rotatable bonds is 2. The standard InChI is InChI=1S/C15H19NO4/c1-10-7-16(8-12(9-17)19-10)15(18)14-6-11-4-2-3-5-13(11)20-14/h2-5,10,12,14,17H,6-9H2,1H3. The van der Waals surface area contributed by atoms with Gasteiger partial charge in [0, 0.05) is 19.5 Å². The van der Waals surface area contributed by atoms with Crippen LogP contribution >= 0.6 is 0 Å². The summed E-state index contributed by atoms with van der Waals surface area (Å²) in [5, 5.41) is 9.22. The first-order valence-corrected chi connectivity index (χ1v) is 6.97. The summed E-state index contributed by atoms with van der Waals surface area (Å²) in [5.74, 6) is 0.778. The van der Waals surface area contributed by atoms with Gasteiger partial charge in [0.05, 0.1) is 18.8 Å². The molecule has 1 N–H and O–H groups in total. The molecule has 5 heteroatoms. The van der Waals surface area contributed by atoms with Gasteiger partial charge in [0.25, 0.3) is 5.91 Å². The zero-order valence-electron chi connectivity index (χ0n) is 11.5. The molecule has 0 radical (unpaired) electrons. The Morgan fingerprint density at radius 1 is 1.40 bits per heavy atom. The summed E-state index contributed by atoms with van der Waals surface area (Å²) in [6.07, 6.45) is -0.193. The van der Waals surface area contributed by atoms with Gasteiger partial charge >= 0.3 is 0 Å². The smallest absolute Gasteiger partial charge is 0.264 e. The molecule has 1 saturated heterocycles. The molecule has 0 saturated carbocycles. The van der Waals surface area contributed by atoms with E-state index in [1.807, 2.05) is 31.2 Å². The van der Waals surface area contributed by atoms with Gasteiger partial charge < -0.3 is 19.5 Å². The maximum atomic E-state index is 12.5. The molecule has 2 aliphatic heterocycles. The highest BCUT2D eigenvalue weighted by Gasteiger charge is 2.36. The van der Waals surface area contributed by atoms with Crippen LogP contribution in [0.5, 0.6) is 5.75 Å². The van der Waals surface area contributed by atoms with E-state index in [9.17, 15) is 9.90 Å². The predicted octanol–water partition coefficient (Wildman–Crippen LogP) is 0.598. The molecule has 0 spiro atoms. The van der Waals surface area contributed by atoms with Gasteiger partial charge in [-0.3, -0.25) is 4.79 Å². The average molecular weight is 277 g/mol. The number of benzene rings is 1. The molecule has 2 aliphatic rings. The van der Waals surface area contributed by atoms with Crippen molar-refractivity contribution in [1.29, 1.82) is 0 Å². The Kier molecular flexibility index (Phi) is 3.63. The Balaban J connectivity index is 1.68. The molecule has 1 fully saturated rings. The normalized spacial score (nSPS) is 28.9. The van der Waals surface area contributed by atoms with Crippen LogP contribution in [-0.4, -0.2) is 53.9 Å². The highest BCUT2D eigenvalue weighted by Crippen LogP contribution is 2.29. The van der Waals surface area contributed by atoms with Crippen molar-refractivity contribution >= 4 is 5.91 Å². The van der Waals surface area contributed by atoms with E-state index >= 15 is 0 Å². The molecule has 0 aromatic heterocycles. The topological polar surface area (TPSA) is 59.0 Å². The third-order valence-electron chi connectivity index (χ3n) is 3.76. The van der Waals surface area contributed by atoms with Gasteiger partial charge in [-0.25, -0.2) is 0 Å². The maximum absolute atomic E-state index is 12.5. The summed E-state index contributed by atoms with van der Waals surface area (Å²) in [6.45, 7) is 2.81. The van der Waals surface area contributed by atoms with Crippen molar-refractivity contribution in [1.82, 2.24) is 4.90 Å². The third-order valence-corrected chi connectivity index (χ3v) is 3.76. The van der Waals surface area contributed by atoms with Crippen LogP contribution < -0.4 is 4.74 Å². The van der Waals surface area contributed by atoms with Crippen LogP contribution in [-0.2, 0) is 16.0 Å². The SMILES string of the molecule is CC1CN(C(=O)C2Cc3ccccc3O2)CC(CO)O1. The van der Waals surface area contributed by atoms with Crippen molar-refractivity contribution in [2.24, 2.45) is 0 Å². The van der Waals surface area contributed by atoms with Gasteiger partial charge in [-0.1, -0.05) is 18.2 Å². The second-order valence-corrected chi connectivity index (χ2v) is 5.41. The summed E-state index contributed by atoms with van der Waals surface area (Å²) in [5.41, 5.74) is 1.07. The van der Waals surface area contributed by atoms with Crippen LogP contribution in [0.1, 0.15) is 12.5 Å². The van der Waals surface area contributed by atoms with Crippen molar-refractivity contribution in [2.75, 3.05) is 19.7 Å². The van der Waals surface area contributed by atoms with Gasteiger partial charge in [-0.2, -0.15) is 0 Å². The van der Waals surface area contributed by atoms with E-state index in [1.54, 1.807) is 4.90 Å². The quantitative estimate of drug-likeness (QED) is 0.860. The minimum atomic E-state index is -0.447. The number of fused-ring (bicyclic) bond motifs is 1. The van der Waals surface area contributed by atoms with Crippen molar-refractivity contribution < 1.29 is 19.4 Å². The van der Waals surface area contributed by atoms with Gasteiger partial charge in [0.15, 0.2) is 6.10 Å². The second-order valence-electron chi connectivity index (χ2n) is 5.41. The minimum absolute atomic E-state index is 0.0187. The molecular weight excluding hydrogens is 258 g/mol. The second kappa shape index (κ2) is 5.42. The lowest BCUT2D eigenvalue weighted by atomic mass is 10.1. The van der Waals surface area contributed by atoms with Crippen LogP contribution in [0.3, 0.4) is 0 Å². The summed E-state index contributed by atoms with van der Waals surface area (Å²) in [6, 6.07) is 7.74. The molecule has 3 atom stereocenters. The Bertz CT molecular complexity index is 479. The van der Waals surface area contributed by atoms with Crippen LogP contribution in [0.15, 0.2) is 24.3 Å². The van der Waals surface area contributed by atoms with E-state index in [1.165, 1.54) is 0 Å². The Morgan fingerprint density at radius 2 is 2.20 bits per heavy atom. The van der Waals surface area contributed by atoms with Gasteiger partial charge in [0.2, 0.25) is 0 Å². The van der Waals surface area contributed by atoms with E-state index in [2.05, 4.69) is 0 Å². The highest BCUT2D eigenvalue weighted by molar-refractivity contribution is 5.82. The molecule has 1 aromatic carbocycles. The van der Waals surface area contributed by atoms with Gasteiger partial charge in [-0.15, -0.1) is 0 Å². The van der Waals surface area contributed by atoms with E-state index in [0.717, 1.165) is 11.3 Å². The number of ether oxygens (including phenoxy) is 2. The van der Waals surface area contributed by atoms with Gasteiger partial charge in [-0.05, 0) is 18.6 Å². The van der Waals surface area contributed by atoms with E-state index < -0.39 is 6.10 Å².